The Morgan fingerprint density at radius 3 is 2.36 bits per heavy atom. The minimum Gasteiger partial charge on any atom is -0.311 e. The molecule has 28 heavy (non-hydrogen) atoms. The lowest BCUT2D eigenvalue weighted by Crippen LogP contribution is -2.34. The number of likely N-dealkylation sites (tertiary alicyclic amines) is 1. The average Bonchev–Trinajstić information content (AvgIpc) is 3.17. The molecule has 1 N–H and O–H groups in total. The number of nitrogens with zero attached hydrogens (tertiary/aromatic N) is 3. The smallest absolute Gasteiger partial charge is 0.222 e. The van der Waals surface area contributed by atoms with Crippen molar-refractivity contribution < 1.29 is 4.79 Å². The summed E-state index contributed by atoms with van der Waals surface area (Å²) in [5.41, 5.74) is 3.85. The lowest BCUT2D eigenvalue weighted by Gasteiger charge is -2.32. The van der Waals surface area contributed by atoms with Crippen molar-refractivity contribution in [2.75, 3.05) is 18.4 Å². The summed E-state index contributed by atoms with van der Waals surface area (Å²) in [5, 5.41) is 7.29. The summed E-state index contributed by atoms with van der Waals surface area (Å²) in [7, 11) is 0. The van der Waals surface area contributed by atoms with E-state index in [0.717, 1.165) is 38.3 Å². The Hall–Kier alpha value is -2.92. The molecule has 1 aromatic heterocycles. The van der Waals surface area contributed by atoms with Crippen molar-refractivity contribution in [2.24, 2.45) is 0 Å². The van der Waals surface area contributed by atoms with Gasteiger partial charge in [-0.1, -0.05) is 54.6 Å². The summed E-state index contributed by atoms with van der Waals surface area (Å²) in [6.07, 6.45) is 3.83. The van der Waals surface area contributed by atoms with E-state index >= 15 is 0 Å². The standard InChI is InChI=1S/C23H26N4O/c1-18(28)25-23-11-14-24-27(23)22-12-15-26(16-13-22)17-19-7-9-21(10-8-19)20-5-3-2-4-6-20/h2-11,14,22H,12-13,15-17H2,1H3,(H,25,28). The van der Waals surface area contributed by atoms with Gasteiger partial charge in [0.05, 0.1) is 12.2 Å². The molecule has 0 aliphatic carbocycles. The molecule has 5 nitrogen and oxygen atoms in total. The summed E-state index contributed by atoms with van der Waals surface area (Å²) < 4.78 is 1.97. The summed E-state index contributed by atoms with van der Waals surface area (Å²) in [5.74, 6) is 0.737. The Labute approximate surface area is 166 Å². The SMILES string of the molecule is CC(=O)Nc1ccnn1C1CCN(Cc2ccc(-c3ccccc3)cc2)CC1. The van der Waals surface area contributed by atoms with Gasteiger partial charge in [-0.25, -0.2) is 4.68 Å². The maximum absolute atomic E-state index is 11.4. The van der Waals surface area contributed by atoms with E-state index in [1.165, 1.54) is 23.6 Å². The summed E-state index contributed by atoms with van der Waals surface area (Å²) in [6, 6.07) is 21.6. The zero-order valence-corrected chi connectivity index (χ0v) is 16.2. The summed E-state index contributed by atoms with van der Waals surface area (Å²) in [4.78, 5) is 13.9. The van der Waals surface area contributed by atoms with Gasteiger partial charge in [-0.2, -0.15) is 5.10 Å². The fraction of sp³-hybridized carbons (Fsp3) is 0.304. The first kappa shape index (κ1) is 18.4. The molecule has 1 saturated heterocycles. The van der Waals surface area contributed by atoms with Gasteiger partial charge < -0.3 is 5.32 Å². The molecule has 1 fully saturated rings. The highest BCUT2D eigenvalue weighted by Crippen LogP contribution is 2.26. The number of aromatic nitrogens is 2. The van der Waals surface area contributed by atoms with Crippen LogP contribution in [-0.4, -0.2) is 33.7 Å². The number of rotatable bonds is 5. The molecule has 144 valence electrons. The number of carbonyl (C=O) groups is 1. The highest BCUT2D eigenvalue weighted by Gasteiger charge is 2.23. The molecule has 2 heterocycles. The van der Waals surface area contributed by atoms with Crippen LogP contribution in [0.1, 0.15) is 31.4 Å². The number of carbonyl (C=O) groups excluding carboxylic acids is 1. The van der Waals surface area contributed by atoms with Gasteiger partial charge in [-0.3, -0.25) is 9.69 Å². The Bertz CT molecular complexity index is 909. The molecule has 0 bridgehead atoms. The van der Waals surface area contributed by atoms with E-state index in [2.05, 4.69) is 63.8 Å². The van der Waals surface area contributed by atoms with Crippen LogP contribution in [0.25, 0.3) is 11.1 Å². The van der Waals surface area contributed by atoms with Crippen molar-refractivity contribution in [2.45, 2.75) is 32.4 Å². The fourth-order valence-electron chi connectivity index (χ4n) is 3.90. The van der Waals surface area contributed by atoms with Crippen LogP contribution in [0.3, 0.4) is 0 Å². The Morgan fingerprint density at radius 1 is 1.00 bits per heavy atom. The van der Waals surface area contributed by atoms with Gasteiger partial charge in [0.25, 0.3) is 0 Å². The van der Waals surface area contributed by atoms with Gasteiger partial charge in [-0.05, 0) is 29.5 Å². The van der Waals surface area contributed by atoms with Gasteiger partial charge in [0.2, 0.25) is 5.91 Å². The number of hydrogen-bond donors (Lipinski definition) is 1. The maximum atomic E-state index is 11.4. The molecule has 4 rings (SSSR count). The van der Waals surface area contributed by atoms with Crippen molar-refractivity contribution in [3.63, 3.8) is 0 Å². The summed E-state index contributed by atoms with van der Waals surface area (Å²) >= 11 is 0. The minimum absolute atomic E-state index is 0.0573. The molecule has 1 aliphatic rings. The second-order valence-corrected chi connectivity index (χ2v) is 7.41. The van der Waals surface area contributed by atoms with Crippen LogP contribution in [0.2, 0.25) is 0 Å². The molecular formula is C23H26N4O. The van der Waals surface area contributed by atoms with E-state index in [1.807, 2.05) is 16.8 Å². The second kappa shape index (κ2) is 8.40. The molecule has 0 unspecified atom stereocenters. The van der Waals surface area contributed by atoms with Gasteiger partial charge >= 0.3 is 0 Å². The highest BCUT2D eigenvalue weighted by atomic mass is 16.1. The van der Waals surface area contributed by atoms with Crippen LogP contribution in [-0.2, 0) is 11.3 Å². The monoisotopic (exact) mass is 374 g/mol. The van der Waals surface area contributed by atoms with Gasteiger partial charge in [0.1, 0.15) is 5.82 Å². The van der Waals surface area contributed by atoms with E-state index in [4.69, 9.17) is 0 Å². The first-order valence-corrected chi connectivity index (χ1v) is 9.87. The first-order valence-electron chi connectivity index (χ1n) is 9.87. The first-order chi connectivity index (χ1) is 13.7. The predicted octanol–water partition coefficient (Wildman–Crippen LogP) is 4.35. The number of piperidine rings is 1. The van der Waals surface area contributed by atoms with Crippen molar-refractivity contribution in [1.82, 2.24) is 14.7 Å². The third-order valence-corrected chi connectivity index (χ3v) is 5.34. The van der Waals surface area contributed by atoms with Crippen LogP contribution < -0.4 is 5.32 Å². The number of nitrogens with one attached hydrogen (secondary N) is 1. The lowest BCUT2D eigenvalue weighted by molar-refractivity contribution is -0.114. The Balaban J connectivity index is 1.33. The molecule has 3 aromatic rings. The molecule has 0 spiro atoms. The van der Waals surface area contributed by atoms with Crippen molar-refractivity contribution >= 4 is 11.7 Å². The third-order valence-electron chi connectivity index (χ3n) is 5.34. The van der Waals surface area contributed by atoms with E-state index in [9.17, 15) is 4.79 Å². The van der Waals surface area contributed by atoms with E-state index < -0.39 is 0 Å². The topological polar surface area (TPSA) is 50.2 Å². The molecule has 1 aliphatic heterocycles. The van der Waals surface area contributed by atoms with Crippen LogP contribution in [0.5, 0.6) is 0 Å². The Morgan fingerprint density at radius 2 is 1.68 bits per heavy atom. The van der Waals surface area contributed by atoms with Crippen molar-refractivity contribution in [1.29, 1.82) is 0 Å². The van der Waals surface area contributed by atoms with Crippen molar-refractivity contribution in [3.8, 4) is 11.1 Å². The zero-order chi connectivity index (χ0) is 19.3. The van der Waals surface area contributed by atoms with Crippen LogP contribution in [0.4, 0.5) is 5.82 Å². The molecule has 5 heteroatoms. The molecule has 2 aromatic carbocycles. The average molecular weight is 374 g/mol. The van der Waals surface area contributed by atoms with E-state index in [1.54, 1.807) is 6.20 Å². The van der Waals surface area contributed by atoms with E-state index in [-0.39, 0.29) is 5.91 Å². The quantitative estimate of drug-likeness (QED) is 0.722. The molecule has 0 atom stereocenters. The maximum Gasteiger partial charge on any atom is 0.222 e. The largest absolute Gasteiger partial charge is 0.311 e. The zero-order valence-electron chi connectivity index (χ0n) is 16.2. The number of hydrogen-bond acceptors (Lipinski definition) is 3. The molecule has 0 saturated carbocycles. The van der Waals surface area contributed by atoms with Gasteiger partial charge in [0, 0.05) is 32.6 Å². The predicted molar refractivity (Wildman–Crippen MR) is 112 cm³/mol. The van der Waals surface area contributed by atoms with Crippen LogP contribution >= 0.6 is 0 Å². The molecule has 0 radical (unpaired) electrons. The number of benzene rings is 2. The Kier molecular flexibility index (Phi) is 5.53. The minimum atomic E-state index is -0.0573. The van der Waals surface area contributed by atoms with Crippen LogP contribution in [0, 0.1) is 0 Å². The van der Waals surface area contributed by atoms with Crippen LogP contribution in [0.15, 0.2) is 66.9 Å². The number of amides is 1. The van der Waals surface area contributed by atoms with E-state index in [0.29, 0.717) is 6.04 Å². The molecular weight excluding hydrogens is 348 g/mol. The highest BCUT2D eigenvalue weighted by molar-refractivity contribution is 5.87. The van der Waals surface area contributed by atoms with Gasteiger partial charge in [0.15, 0.2) is 0 Å². The van der Waals surface area contributed by atoms with Gasteiger partial charge in [-0.15, -0.1) is 0 Å². The normalized spacial score (nSPS) is 15.5. The number of anilines is 1. The second-order valence-electron chi connectivity index (χ2n) is 7.41. The fourth-order valence-corrected chi connectivity index (χ4v) is 3.90. The third kappa shape index (κ3) is 4.31. The van der Waals surface area contributed by atoms with Crippen molar-refractivity contribution in [3.05, 3.63) is 72.4 Å². The molecule has 1 amide bonds. The lowest BCUT2D eigenvalue weighted by atomic mass is 10.0. The summed E-state index contributed by atoms with van der Waals surface area (Å²) in [6.45, 7) is 4.57.